The van der Waals surface area contributed by atoms with Crippen LogP contribution in [0.5, 0.6) is 0 Å². The Morgan fingerprint density at radius 2 is 1.75 bits per heavy atom. The first-order valence-electron chi connectivity index (χ1n) is 7.60. The highest BCUT2D eigenvalue weighted by Gasteiger charge is 2.39. The van der Waals surface area contributed by atoms with Gasteiger partial charge in [-0.2, -0.15) is 0 Å². The van der Waals surface area contributed by atoms with Crippen LogP contribution in [0.2, 0.25) is 0 Å². The van der Waals surface area contributed by atoms with E-state index in [9.17, 15) is 13.2 Å². The molecule has 1 aliphatic heterocycles. The summed E-state index contributed by atoms with van der Waals surface area (Å²) in [6, 6.07) is 0. The smallest absolute Gasteiger partial charge is 0.230 e. The highest BCUT2D eigenvalue weighted by Crippen LogP contribution is 2.31. The molecule has 0 spiro atoms. The molecule has 5 nitrogen and oxygen atoms in total. The minimum atomic E-state index is -2.99. The van der Waals surface area contributed by atoms with Crippen molar-refractivity contribution in [2.24, 2.45) is 11.1 Å². The molecule has 0 aliphatic carbocycles. The van der Waals surface area contributed by atoms with Crippen LogP contribution in [0, 0.1) is 5.41 Å². The van der Waals surface area contributed by atoms with Crippen LogP contribution in [0.4, 0.5) is 0 Å². The Hall–Kier alpha value is -0.620. The lowest BCUT2D eigenvalue weighted by molar-refractivity contribution is -0.142. The van der Waals surface area contributed by atoms with Gasteiger partial charge in [-0.1, -0.05) is 26.7 Å². The highest BCUT2D eigenvalue weighted by molar-refractivity contribution is 7.91. The summed E-state index contributed by atoms with van der Waals surface area (Å²) in [5.41, 5.74) is 5.41. The van der Waals surface area contributed by atoms with Crippen molar-refractivity contribution in [1.82, 2.24) is 4.90 Å². The molecule has 6 heteroatoms. The summed E-state index contributed by atoms with van der Waals surface area (Å²) in [7, 11) is -2.99. The van der Waals surface area contributed by atoms with Gasteiger partial charge in [-0.25, -0.2) is 8.42 Å². The van der Waals surface area contributed by atoms with Crippen LogP contribution in [0.1, 0.15) is 46.0 Å². The summed E-state index contributed by atoms with van der Waals surface area (Å²) >= 11 is 0. The van der Waals surface area contributed by atoms with E-state index in [0.29, 0.717) is 26.1 Å². The van der Waals surface area contributed by atoms with E-state index in [-0.39, 0.29) is 17.4 Å². The molecule has 1 rings (SSSR count). The fraction of sp³-hybridized carbons (Fsp3) is 0.929. The first-order valence-corrected chi connectivity index (χ1v) is 9.43. The molecular formula is C14H28N2O3S. The number of carbonyl (C=O) groups excluding carboxylic acids is 1. The van der Waals surface area contributed by atoms with Crippen molar-refractivity contribution in [3.8, 4) is 0 Å². The molecule has 20 heavy (non-hydrogen) atoms. The molecule has 0 bridgehead atoms. The van der Waals surface area contributed by atoms with E-state index in [1.165, 1.54) is 0 Å². The summed E-state index contributed by atoms with van der Waals surface area (Å²) in [6.07, 6.45) is 3.91. The molecule has 0 saturated carbocycles. The Balaban J connectivity index is 2.88. The van der Waals surface area contributed by atoms with E-state index in [1.807, 2.05) is 0 Å². The van der Waals surface area contributed by atoms with Crippen LogP contribution in [0.15, 0.2) is 0 Å². The molecule has 1 amide bonds. The largest absolute Gasteiger partial charge is 0.341 e. The molecule has 0 aromatic carbocycles. The highest BCUT2D eigenvalue weighted by atomic mass is 32.2. The average molecular weight is 304 g/mol. The van der Waals surface area contributed by atoms with Gasteiger partial charge in [0.25, 0.3) is 0 Å². The number of hydrogen-bond donors (Lipinski definition) is 1. The number of nitrogens with two attached hydrogens (primary N) is 1. The molecular weight excluding hydrogens is 276 g/mol. The minimum Gasteiger partial charge on any atom is -0.341 e. The van der Waals surface area contributed by atoms with Gasteiger partial charge in [0, 0.05) is 19.6 Å². The van der Waals surface area contributed by atoms with Gasteiger partial charge in [0.05, 0.1) is 16.9 Å². The summed E-state index contributed by atoms with van der Waals surface area (Å²) in [6.45, 7) is 5.31. The Morgan fingerprint density at radius 1 is 1.15 bits per heavy atom. The second-order valence-electron chi connectivity index (χ2n) is 5.78. The maximum atomic E-state index is 12.8. The van der Waals surface area contributed by atoms with E-state index >= 15 is 0 Å². The normalized spacial score (nSPS) is 19.6. The van der Waals surface area contributed by atoms with Gasteiger partial charge in [0.1, 0.15) is 0 Å². The van der Waals surface area contributed by atoms with Gasteiger partial charge >= 0.3 is 0 Å². The van der Waals surface area contributed by atoms with E-state index in [2.05, 4.69) is 13.8 Å². The first-order chi connectivity index (χ1) is 9.40. The third-order valence-electron chi connectivity index (χ3n) is 4.14. The van der Waals surface area contributed by atoms with Crippen LogP contribution in [-0.4, -0.2) is 50.4 Å². The summed E-state index contributed by atoms with van der Waals surface area (Å²) < 4.78 is 23.3. The number of amides is 1. The first kappa shape index (κ1) is 17.4. The second kappa shape index (κ2) is 7.41. The summed E-state index contributed by atoms with van der Waals surface area (Å²) in [5.74, 6) is 0.326. The maximum absolute atomic E-state index is 12.8. The van der Waals surface area contributed by atoms with Crippen molar-refractivity contribution in [1.29, 1.82) is 0 Å². The Bertz CT molecular complexity index is 414. The Labute approximate surface area is 122 Å². The van der Waals surface area contributed by atoms with Crippen molar-refractivity contribution >= 4 is 15.7 Å². The van der Waals surface area contributed by atoms with E-state index in [0.717, 1.165) is 25.7 Å². The number of sulfone groups is 1. The molecule has 1 aliphatic rings. The zero-order chi connectivity index (χ0) is 15.2. The molecule has 0 aromatic heterocycles. The van der Waals surface area contributed by atoms with Crippen LogP contribution >= 0.6 is 0 Å². The standard InChI is InChI=1S/C14H28N2O3S/c1-3-6-14(12-15,7-4-2)13(17)16-8-5-10-20(18,19)11-9-16/h3-12,15H2,1-2H3. The maximum Gasteiger partial charge on any atom is 0.230 e. The van der Waals surface area contributed by atoms with Crippen molar-refractivity contribution in [3.05, 3.63) is 0 Å². The SMILES string of the molecule is CCCC(CN)(CCC)C(=O)N1CCCS(=O)(=O)CC1. The fourth-order valence-corrected chi connectivity index (χ4v) is 4.34. The molecule has 0 radical (unpaired) electrons. The van der Waals surface area contributed by atoms with Crippen molar-refractivity contribution in [3.63, 3.8) is 0 Å². The minimum absolute atomic E-state index is 0.0563. The lowest BCUT2D eigenvalue weighted by Gasteiger charge is -2.36. The molecule has 0 unspecified atom stereocenters. The molecule has 0 aromatic rings. The lowest BCUT2D eigenvalue weighted by Crippen LogP contribution is -2.49. The van der Waals surface area contributed by atoms with E-state index in [1.54, 1.807) is 4.90 Å². The predicted octanol–water partition coefficient (Wildman–Crippen LogP) is 1.18. The van der Waals surface area contributed by atoms with Gasteiger partial charge in [-0.3, -0.25) is 4.79 Å². The van der Waals surface area contributed by atoms with Crippen molar-refractivity contribution < 1.29 is 13.2 Å². The monoisotopic (exact) mass is 304 g/mol. The van der Waals surface area contributed by atoms with Crippen molar-refractivity contribution in [2.45, 2.75) is 46.0 Å². The van der Waals surface area contributed by atoms with E-state index < -0.39 is 15.3 Å². The molecule has 0 atom stereocenters. The van der Waals surface area contributed by atoms with Gasteiger partial charge < -0.3 is 10.6 Å². The number of rotatable bonds is 6. The van der Waals surface area contributed by atoms with Gasteiger partial charge in [0.2, 0.25) is 5.91 Å². The second-order valence-corrected chi connectivity index (χ2v) is 8.09. The van der Waals surface area contributed by atoms with Crippen LogP contribution in [0.25, 0.3) is 0 Å². The molecule has 2 N–H and O–H groups in total. The average Bonchev–Trinajstić information content (AvgIpc) is 2.58. The van der Waals surface area contributed by atoms with Crippen molar-refractivity contribution in [2.75, 3.05) is 31.1 Å². The number of nitrogens with zero attached hydrogens (tertiary/aromatic N) is 1. The third-order valence-corrected chi connectivity index (χ3v) is 5.86. The topological polar surface area (TPSA) is 80.5 Å². The van der Waals surface area contributed by atoms with Crippen LogP contribution in [-0.2, 0) is 14.6 Å². The fourth-order valence-electron chi connectivity index (χ4n) is 3.06. The Morgan fingerprint density at radius 3 is 2.25 bits per heavy atom. The van der Waals surface area contributed by atoms with Gasteiger partial charge in [0.15, 0.2) is 9.84 Å². The molecule has 118 valence electrons. The number of carbonyl (C=O) groups is 1. The molecule has 1 saturated heterocycles. The summed E-state index contributed by atoms with van der Waals surface area (Å²) in [5, 5.41) is 0. The molecule has 1 heterocycles. The lowest BCUT2D eigenvalue weighted by atomic mass is 9.78. The van der Waals surface area contributed by atoms with E-state index in [4.69, 9.17) is 5.73 Å². The summed E-state index contributed by atoms with van der Waals surface area (Å²) in [4.78, 5) is 14.6. The predicted molar refractivity (Wildman–Crippen MR) is 81.2 cm³/mol. The Kier molecular flexibility index (Phi) is 6.45. The quantitative estimate of drug-likeness (QED) is 0.799. The zero-order valence-corrected chi connectivity index (χ0v) is 13.5. The molecule has 1 fully saturated rings. The van der Waals surface area contributed by atoms with Crippen LogP contribution in [0.3, 0.4) is 0 Å². The third kappa shape index (κ3) is 4.19. The zero-order valence-electron chi connectivity index (χ0n) is 12.7. The number of hydrogen-bond acceptors (Lipinski definition) is 4. The van der Waals surface area contributed by atoms with Gasteiger partial charge in [-0.05, 0) is 19.3 Å². The van der Waals surface area contributed by atoms with Gasteiger partial charge in [-0.15, -0.1) is 0 Å². The van der Waals surface area contributed by atoms with Crippen LogP contribution < -0.4 is 5.73 Å².